The number of hydrogen-bond donors (Lipinski definition) is 6. The van der Waals surface area contributed by atoms with E-state index in [1.807, 2.05) is 58.1 Å². The van der Waals surface area contributed by atoms with Gasteiger partial charge in [-0.3, -0.25) is 0 Å². The highest BCUT2D eigenvalue weighted by atomic mass is 32.1. The molecule has 0 radical (unpaired) electrons. The van der Waals surface area contributed by atoms with Gasteiger partial charge in [0.1, 0.15) is 34.9 Å². The maximum atomic E-state index is 8.98. The van der Waals surface area contributed by atoms with Crippen LogP contribution in [0.1, 0.15) is 65.9 Å². The van der Waals surface area contributed by atoms with Crippen molar-refractivity contribution in [3.63, 3.8) is 0 Å². The van der Waals surface area contributed by atoms with Crippen LogP contribution in [0.2, 0.25) is 0 Å². The number of nitrogens with zero attached hydrogens (tertiary/aromatic N) is 9. The van der Waals surface area contributed by atoms with Crippen LogP contribution in [0.3, 0.4) is 0 Å². The number of aliphatic hydroxyl groups is 3. The molecule has 6 rings (SSSR count). The minimum atomic E-state index is 0.178. The van der Waals surface area contributed by atoms with Crippen LogP contribution in [0.5, 0.6) is 0 Å². The van der Waals surface area contributed by atoms with Crippen molar-refractivity contribution in [3.8, 4) is 0 Å². The summed E-state index contributed by atoms with van der Waals surface area (Å²) in [5.74, 6) is 3.65. The molecule has 0 amide bonds. The molecule has 6 aromatic heterocycles. The van der Waals surface area contributed by atoms with E-state index in [-0.39, 0.29) is 19.8 Å². The lowest BCUT2D eigenvalue weighted by molar-refractivity contribution is -0.689. The van der Waals surface area contributed by atoms with Gasteiger partial charge >= 0.3 is 0 Å². The SMILES string of the molecule is Cc1ncc(C[n+]2csc(CCO)c2C)c(N)n1.Cc1ncc(C[n+]2csc(CCO)c2C)c(N)n1.Cc1ncc(C[n+]2csc(CCO)c2C)c(N)n1. The van der Waals surface area contributed by atoms with Crippen LogP contribution < -0.4 is 30.9 Å². The standard InChI is InChI=1S/3C12H17N4OS/c3*1-8-11(3-4-17)18-7-16(8)6-10-5-14-9(2)15-12(10)13/h3*5,7,17H,3-4,6H2,1-2H3,(H2,13,14,15)/q3*+1. The summed E-state index contributed by atoms with van der Waals surface area (Å²) in [5.41, 5.74) is 30.0. The van der Waals surface area contributed by atoms with Gasteiger partial charge in [-0.15, -0.1) is 0 Å². The van der Waals surface area contributed by atoms with Gasteiger partial charge in [0.2, 0.25) is 16.5 Å². The average Bonchev–Trinajstić information content (AvgIpc) is 3.78. The normalized spacial score (nSPS) is 10.8. The molecular formula is C36H51N12O3S3+3. The summed E-state index contributed by atoms with van der Waals surface area (Å²) < 4.78 is 6.33. The van der Waals surface area contributed by atoms with Crippen LogP contribution in [0, 0.1) is 41.5 Å². The van der Waals surface area contributed by atoms with Crippen molar-refractivity contribution >= 4 is 51.5 Å². The fourth-order valence-electron chi connectivity index (χ4n) is 5.30. The minimum Gasteiger partial charge on any atom is -0.396 e. The van der Waals surface area contributed by atoms with Gasteiger partial charge in [0.05, 0.1) is 31.3 Å². The van der Waals surface area contributed by atoms with E-state index >= 15 is 0 Å². The molecule has 15 nitrogen and oxygen atoms in total. The Balaban J connectivity index is 0.000000180. The molecular weight excluding hydrogens is 745 g/mol. The predicted octanol–water partition coefficient (Wildman–Crippen LogP) is 1.82. The Morgan fingerprint density at radius 3 is 0.963 bits per heavy atom. The van der Waals surface area contributed by atoms with Gasteiger partial charge < -0.3 is 32.5 Å². The second kappa shape index (κ2) is 20.2. The number of anilines is 3. The lowest BCUT2D eigenvalue weighted by atomic mass is 10.2. The second-order valence-electron chi connectivity index (χ2n) is 12.5. The Morgan fingerprint density at radius 1 is 0.481 bits per heavy atom. The molecule has 0 fully saturated rings. The first kappa shape index (κ1) is 42.2. The molecule has 6 aromatic rings. The molecule has 0 saturated carbocycles. The van der Waals surface area contributed by atoms with Crippen LogP contribution in [0.15, 0.2) is 35.1 Å². The summed E-state index contributed by atoms with van der Waals surface area (Å²) in [6.45, 7) is 14.1. The number of aromatic nitrogens is 9. The zero-order chi connectivity index (χ0) is 39.4. The van der Waals surface area contributed by atoms with Crippen molar-refractivity contribution < 1.29 is 29.0 Å². The van der Waals surface area contributed by atoms with E-state index < -0.39 is 0 Å². The fraction of sp³-hybridized carbons (Fsp3) is 0.417. The van der Waals surface area contributed by atoms with Crippen molar-refractivity contribution in [1.82, 2.24) is 29.9 Å². The lowest BCUT2D eigenvalue weighted by Gasteiger charge is -2.01. The van der Waals surface area contributed by atoms with E-state index in [1.165, 1.54) is 14.6 Å². The maximum Gasteiger partial charge on any atom is 0.225 e. The van der Waals surface area contributed by atoms with Crippen molar-refractivity contribution in [3.05, 3.63) is 101 Å². The molecule has 0 aliphatic carbocycles. The highest BCUT2D eigenvalue weighted by Gasteiger charge is 2.19. The van der Waals surface area contributed by atoms with Gasteiger partial charge in [-0.1, -0.05) is 34.0 Å². The summed E-state index contributed by atoms with van der Waals surface area (Å²) in [4.78, 5) is 28.6. The van der Waals surface area contributed by atoms with Crippen LogP contribution >= 0.6 is 34.0 Å². The Hall–Kier alpha value is -4.59. The number of aryl methyl sites for hydroxylation is 3. The summed E-state index contributed by atoms with van der Waals surface area (Å²) in [6.07, 6.45) is 7.41. The van der Waals surface area contributed by atoms with Crippen molar-refractivity contribution in [1.29, 1.82) is 0 Å². The molecule has 0 saturated heterocycles. The topological polar surface area (TPSA) is 228 Å². The summed E-state index contributed by atoms with van der Waals surface area (Å²) in [7, 11) is 0. The summed E-state index contributed by atoms with van der Waals surface area (Å²) in [6, 6.07) is 0. The molecule has 288 valence electrons. The maximum absolute atomic E-state index is 8.98. The molecule has 0 aliphatic rings. The van der Waals surface area contributed by atoms with E-state index in [0.29, 0.717) is 73.8 Å². The molecule has 0 spiro atoms. The Labute approximate surface area is 327 Å². The number of rotatable bonds is 12. The van der Waals surface area contributed by atoms with E-state index in [1.54, 1.807) is 52.6 Å². The van der Waals surface area contributed by atoms with Gasteiger partial charge in [-0.05, 0) is 20.8 Å². The average molecular weight is 796 g/mol. The molecule has 0 aliphatic heterocycles. The van der Waals surface area contributed by atoms with Gasteiger partial charge in [0.15, 0.2) is 36.7 Å². The fourth-order valence-corrected chi connectivity index (χ4v) is 8.25. The molecule has 6 heterocycles. The number of hydrogen-bond acceptors (Lipinski definition) is 15. The third-order valence-electron chi connectivity index (χ3n) is 8.56. The van der Waals surface area contributed by atoms with Gasteiger partial charge in [0, 0.05) is 78.4 Å². The molecule has 0 aromatic carbocycles. The Morgan fingerprint density at radius 2 is 0.741 bits per heavy atom. The molecule has 0 atom stereocenters. The Bertz CT molecular complexity index is 1900. The zero-order valence-electron chi connectivity index (χ0n) is 31.7. The van der Waals surface area contributed by atoms with Crippen molar-refractivity contribution in [2.75, 3.05) is 37.0 Å². The van der Waals surface area contributed by atoms with Gasteiger partial charge in [-0.25, -0.2) is 29.9 Å². The van der Waals surface area contributed by atoms with Crippen molar-refractivity contribution in [2.45, 2.75) is 80.4 Å². The molecule has 54 heavy (non-hydrogen) atoms. The molecule has 18 heteroatoms. The van der Waals surface area contributed by atoms with E-state index in [2.05, 4.69) is 43.6 Å². The number of aliphatic hydroxyl groups excluding tert-OH is 3. The van der Waals surface area contributed by atoms with Crippen LogP contribution in [-0.2, 0) is 38.9 Å². The lowest BCUT2D eigenvalue weighted by Crippen LogP contribution is -2.35. The second-order valence-corrected chi connectivity index (χ2v) is 15.3. The summed E-state index contributed by atoms with van der Waals surface area (Å²) >= 11 is 4.95. The van der Waals surface area contributed by atoms with Crippen LogP contribution in [0.25, 0.3) is 0 Å². The quantitative estimate of drug-likeness (QED) is 0.0976. The monoisotopic (exact) mass is 795 g/mol. The first-order chi connectivity index (χ1) is 25.8. The smallest absolute Gasteiger partial charge is 0.225 e. The van der Waals surface area contributed by atoms with E-state index in [9.17, 15) is 0 Å². The molecule has 9 N–H and O–H groups in total. The van der Waals surface area contributed by atoms with Gasteiger partial charge in [0.25, 0.3) is 0 Å². The van der Waals surface area contributed by atoms with E-state index in [0.717, 1.165) is 33.8 Å². The number of nitrogens with two attached hydrogens (primary N) is 3. The first-order valence-electron chi connectivity index (χ1n) is 17.3. The van der Waals surface area contributed by atoms with E-state index in [4.69, 9.17) is 32.5 Å². The number of thiazole rings is 3. The first-order valence-corrected chi connectivity index (χ1v) is 19.9. The van der Waals surface area contributed by atoms with Gasteiger partial charge in [-0.2, -0.15) is 13.7 Å². The number of nitrogen functional groups attached to an aromatic ring is 3. The predicted molar refractivity (Wildman–Crippen MR) is 211 cm³/mol. The highest BCUT2D eigenvalue weighted by molar-refractivity contribution is 7.09. The third-order valence-corrected chi connectivity index (χ3v) is 12.0. The third kappa shape index (κ3) is 11.5. The minimum absolute atomic E-state index is 0.178. The van der Waals surface area contributed by atoms with Crippen LogP contribution in [0.4, 0.5) is 17.5 Å². The Kier molecular flexibility index (Phi) is 15.8. The molecule has 0 bridgehead atoms. The summed E-state index contributed by atoms with van der Waals surface area (Å²) in [5, 5.41) is 26.9. The molecule has 0 unspecified atom stereocenters. The zero-order valence-corrected chi connectivity index (χ0v) is 34.1. The largest absolute Gasteiger partial charge is 0.396 e. The van der Waals surface area contributed by atoms with Crippen molar-refractivity contribution in [2.24, 2.45) is 0 Å². The van der Waals surface area contributed by atoms with Crippen LogP contribution in [-0.4, -0.2) is 65.0 Å². The highest BCUT2D eigenvalue weighted by Crippen LogP contribution is 2.16.